The second kappa shape index (κ2) is 7.78. The van der Waals surface area contributed by atoms with E-state index in [9.17, 15) is 9.59 Å². The first-order valence-corrected chi connectivity index (χ1v) is 9.15. The minimum atomic E-state index is -1.00. The Labute approximate surface area is 162 Å². The van der Waals surface area contributed by atoms with Gasteiger partial charge in [0.05, 0.1) is 18.3 Å². The van der Waals surface area contributed by atoms with Gasteiger partial charge in [0.25, 0.3) is 5.91 Å². The van der Waals surface area contributed by atoms with E-state index in [0.717, 1.165) is 11.3 Å². The fourth-order valence-electron chi connectivity index (χ4n) is 2.68. The fraction of sp³-hybridized carbons (Fsp3) is 0.429. The average Bonchev–Trinajstić information content (AvgIpc) is 3.23. The molecule has 9 nitrogen and oxygen atoms in total. The molecule has 3 heterocycles. The van der Waals surface area contributed by atoms with E-state index >= 15 is 0 Å². The molecule has 2 atom stereocenters. The number of aromatic nitrogens is 3. The van der Waals surface area contributed by atoms with Gasteiger partial charge in [0.2, 0.25) is 0 Å². The number of carboxylic acid groups (broad SMARTS) is 1. The lowest BCUT2D eigenvalue weighted by molar-refractivity contribution is 0.0538. The second-order valence-corrected chi connectivity index (χ2v) is 7.34. The molecule has 26 heavy (non-hydrogen) atoms. The lowest BCUT2D eigenvalue weighted by Gasteiger charge is -2.37. The third-order valence-electron chi connectivity index (χ3n) is 3.99. The number of aromatic carboxylic acids is 1. The monoisotopic (exact) mass is 419 g/mol. The second-order valence-electron chi connectivity index (χ2n) is 5.59. The summed E-state index contributed by atoms with van der Waals surface area (Å²) in [5, 5.41) is 12.6. The number of H-pyrrole nitrogens is 1. The summed E-state index contributed by atoms with van der Waals surface area (Å²) in [6.07, 6.45) is 1.63. The molecule has 3 rings (SSSR count). The zero-order valence-corrected chi connectivity index (χ0v) is 15.9. The summed E-state index contributed by atoms with van der Waals surface area (Å²) < 4.78 is 5.50. The first kappa shape index (κ1) is 18.9. The number of carboxylic acids is 1. The Kier molecular flexibility index (Phi) is 5.66. The van der Waals surface area contributed by atoms with Crippen LogP contribution in [0.5, 0.6) is 0 Å². The molecule has 2 aromatic rings. The summed E-state index contributed by atoms with van der Waals surface area (Å²) in [5.74, 6) is -1.40. The number of methoxy groups -OCH3 is 1. The fourth-order valence-corrected chi connectivity index (χ4v) is 3.73. The lowest BCUT2D eigenvalue weighted by atomic mass is 10.0. The molecule has 1 aliphatic heterocycles. The molecule has 3 N–H and O–H groups in total. The highest BCUT2D eigenvalue weighted by Gasteiger charge is 2.32. The number of carbonyl (C=O) groups excluding carboxylic acids is 1. The van der Waals surface area contributed by atoms with Gasteiger partial charge in [-0.05, 0) is 6.42 Å². The van der Waals surface area contributed by atoms with Crippen LogP contribution in [0.3, 0.4) is 0 Å². The van der Waals surface area contributed by atoms with Crippen LogP contribution in [-0.4, -0.2) is 64.3 Å². The van der Waals surface area contributed by atoms with Crippen LogP contribution >= 0.6 is 34.5 Å². The van der Waals surface area contributed by atoms with Gasteiger partial charge >= 0.3 is 5.97 Å². The highest BCUT2D eigenvalue weighted by atomic mass is 35.5. The predicted octanol–water partition coefficient (Wildman–Crippen LogP) is 1.89. The van der Waals surface area contributed by atoms with E-state index in [4.69, 9.17) is 33.0 Å². The first-order valence-electron chi connectivity index (χ1n) is 7.57. The van der Waals surface area contributed by atoms with Crippen molar-refractivity contribution in [2.24, 2.45) is 0 Å². The number of anilines is 1. The topological polar surface area (TPSA) is 120 Å². The van der Waals surface area contributed by atoms with E-state index in [1.54, 1.807) is 7.11 Å². The van der Waals surface area contributed by atoms with Crippen LogP contribution in [0, 0.1) is 0 Å². The van der Waals surface area contributed by atoms with E-state index in [1.165, 1.54) is 6.20 Å². The standard InChI is InChI=1S/C14H15Cl2N5O4S/c1-25-7-5-21(14-17-4-8(26-14)13(23)24)3-2-6(7)18-12(22)11-19-9(15)10(16)20-11/h4,6-7H,2-3,5H2,1H3,(H,18,22)(H,19,20)(H,23,24)/t6-,7+/m0/s1. The van der Waals surface area contributed by atoms with E-state index in [2.05, 4.69) is 20.3 Å². The number of hydrogen-bond donors (Lipinski definition) is 3. The highest BCUT2D eigenvalue weighted by Crippen LogP contribution is 2.26. The molecule has 0 saturated carbocycles. The molecule has 0 unspecified atom stereocenters. The van der Waals surface area contributed by atoms with Crippen LogP contribution in [0.1, 0.15) is 26.7 Å². The van der Waals surface area contributed by atoms with Crippen LogP contribution in [0.2, 0.25) is 10.3 Å². The Morgan fingerprint density at radius 2 is 2.27 bits per heavy atom. The quantitative estimate of drug-likeness (QED) is 0.676. The summed E-state index contributed by atoms with van der Waals surface area (Å²) in [6, 6.07) is -0.245. The number of imidazole rings is 1. The van der Waals surface area contributed by atoms with Gasteiger partial charge in [-0.2, -0.15) is 0 Å². The van der Waals surface area contributed by atoms with Crippen molar-refractivity contribution in [3.05, 3.63) is 27.2 Å². The zero-order chi connectivity index (χ0) is 18.8. The van der Waals surface area contributed by atoms with Gasteiger partial charge in [0.15, 0.2) is 16.1 Å². The largest absolute Gasteiger partial charge is 0.477 e. The molecule has 1 saturated heterocycles. The van der Waals surface area contributed by atoms with E-state index < -0.39 is 11.9 Å². The zero-order valence-electron chi connectivity index (χ0n) is 13.5. The van der Waals surface area contributed by atoms with Crippen LogP contribution in [-0.2, 0) is 4.74 Å². The van der Waals surface area contributed by atoms with Crippen LogP contribution in [0.15, 0.2) is 6.20 Å². The third kappa shape index (κ3) is 3.93. The normalized spacial score (nSPS) is 20.2. The number of hydrogen-bond acceptors (Lipinski definition) is 7. The smallest absolute Gasteiger partial charge is 0.347 e. The van der Waals surface area contributed by atoms with Crippen molar-refractivity contribution in [2.45, 2.75) is 18.6 Å². The summed E-state index contributed by atoms with van der Waals surface area (Å²) >= 11 is 12.6. The molecule has 0 bridgehead atoms. The Hall–Kier alpha value is -1.88. The molecule has 1 fully saturated rings. The molecular formula is C14H15Cl2N5O4S. The Morgan fingerprint density at radius 3 is 2.85 bits per heavy atom. The minimum Gasteiger partial charge on any atom is -0.477 e. The number of piperidine rings is 1. The van der Waals surface area contributed by atoms with Crippen LogP contribution in [0.4, 0.5) is 5.13 Å². The molecule has 0 radical (unpaired) electrons. The average molecular weight is 420 g/mol. The number of rotatable bonds is 5. The number of nitrogens with zero attached hydrogens (tertiary/aromatic N) is 3. The van der Waals surface area contributed by atoms with Gasteiger partial charge in [-0.3, -0.25) is 4.79 Å². The Balaban J connectivity index is 1.65. The summed E-state index contributed by atoms with van der Waals surface area (Å²) in [6.45, 7) is 1.06. The number of nitrogens with one attached hydrogen (secondary N) is 2. The summed E-state index contributed by atoms with van der Waals surface area (Å²) in [5.41, 5.74) is 0. The lowest BCUT2D eigenvalue weighted by Crippen LogP contribution is -2.55. The number of ether oxygens (including phenoxy) is 1. The van der Waals surface area contributed by atoms with Crippen LogP contribution < -0.4 is 10.2 Å². The molecule has 2 aromatic heterocycles. The molecule has 1 amide bonds. The van der Waals surface area contributed by atoms with Gasteiger partial charge in [-0.25, -0.2) is 14.8 Å². The molecule has 0 spiro atoms. The van der Waals surface area contributed by atoms with Gasteiger partial charge < -0.3 is 25.0 Å². The SMILES string of the molecule is CO[C@@H]1CN(c2ncc(C(=O)O)s2)CC[C@@H]1NC(=O)c1nc(Cl)c(Cl)[nH]1. The maximum atomic E-state index is 12.3. The van der Waals surface area contributed by atoms with Crippen molar-refractivity contribution in [3.63, 3.8) is 0 Å². The summed E-state index contributed by atoms with van der Waals surface area (Å²) in [4.78, 5) is 36.0. The van der Waals surface area contributed by atoms with Gasteiger partial charge in [0.1, 0.15) is 10.0 Å². The molecule has 12 heteroatoms. The van der Waals surface area contributed by atoms with Gasteiger partial charge in [-0.15, -0.1) is 0 Å². The van der Waals surface area contributed by atoms with E-state index in [1.807, 2.05) is 4.90 Å². The maximum Gasteiger partial charge on any atom is 0.347 e. The van der Waals surface area contributed by atoms with E-state index in [-0.39, 0.29) is 33.2 Å². The van der Waals surface area contributed by atoms with Crippen molar-refractivity contribution in [1.29, 1.82) is 0 Å². The molecule has 0 aliphatic carbocycles. The summed E-state index contributed by atoms with van der Waals surface area (Å²) in [7, 11) is 1.55. The first-order chi connectivity index (χ1) is 12.4. The van der Waals surface area contributed by atoms with Crippen molar-refractivity contribution in [2.75, 3.05) is 25.1 Å². The predicted molar refractivity (Wildman–Crippen MR) is 96.6 cm³/mol. The number of halogens is 2. The Bertz CT molecular complexity index is 807. The molecule has 0 aromatic carbocycles. The Morgan fingerprint density at radius 1 is 1.50 bits per heavy atom. The third-order valence-corrected chi connectivity index (χ3v) is 5.68. The highest BCUT2D eigenvalue weighted by molar-refractivity contribution is 7.17. The molecule has 140 valence electrons. The molecule has 1 aliphatic rings. The van der Waals surface area contributed by atoms with Crippen LogP contribution in [0.25, 0.3) is 0 Å². The number of carbonyl (C=O) groups is 2. The molecular weight excluding hydrogens is 405 g/mol. The number of thiazole rings is 1. The van der Waals surface area contributed by atoms with Crippen molar-refractivity contribution in [1.82, 2.24) is 20.3 Å². The van der Waals surface area contributed by atoms with E-state index in [0.29, 0.717) is 24.6 Å². The van der Waals surface area contributed by atoms with Crippen molar-refractivity contribution < 1.29 is 19.4 Å². The maximum absolute atomic E-state index is 12.3. The number of aromatic amines is 1. The van der Waals surface area contributed by atoms with Crippen molar-refractivity contribution >= 4 is 51.5 Å². The minimum absolute atomic E-state index is 0.0308. The van der Waals surface area contributed by atoms with Crippen molar-refractivity contribution in [3.8, 4) is 0 Å². The number of amides is 1. The van der Waals surface area contributed by atoms with Gasteiger partial charge in [0, 0.05) is 20.2 Å². The van der Waals surface area contributed by atoms with Gasteiger partial charge in [-0.1, -0.05) is 34.5 Å².